The monoisotopic (exact) mass is 514 g/mol. The Bertz CT molecular complexity index is 1170. The van der Waals surface area contributed by atoms with Gasteiger partial charge in [-0.05, 0) is 75.7 Å². The second-order valence-corrected chi connectivity index (χ2v) is 11.5. The first-order chi connectivity index (χ1) is 18.2. The number of rotatable bonds is 12. The summed E-state index contributed by atoms with van der Waals surface area (Å²) in [5, 5.41) is 7.09. The van der Waals surface area contributed by atoms with E-state index in [-0.39, 0.29) is 11.6 Å². The van der Waals surface area contributed by atoms with Gasteiger partial charge in [-0.1, -0.05) is 36.9 Å². The molecule has 38 heavy (non-hydrogen) atoms. The molecule has 2 aliphatic carbocycles. The molecular formula is C33H46N4O. The lowest BCUT2D eigenvalue weighted by Crippen LogP contribution is -2.48. The summed E-state index contributed by atoms with van der Waals surface area (Å²) in [7, 11) is 3.85. The van der Waals surface area contributed by atoms with Crippen LogP contribution in [0.3, 0.4) is 0 Å². The molecule has 1 saturated heterocycles. The third kappa shape index (κ3) is 6.11. The van der Waals surface area contributed by atoms with E-state index in [1.54, 1.807) is 12.7 Å². The molecule has 1 aliphatic heterocycles. The van der Waals surface area contributed by atoms with E-state index in [0.717, 1.165) is 67.1 Å². The van der Waals surface area contributed by atoms with Crippen molar-refractivity contribution >= 4 is 6.08 Å². The molecule has 0 amide bonds. The first kappa shape index (κ1) is 27.9. The normalized spacial score (nSPS) is 25.0. The summed E-state index contributed by atoms with van der Waals surface area (Å²) in [5.41, 5.74) is 18.3. The minimum Gasteiger partial charge on any atom is -0.496 e. The van der Waals surface area contributed by atoms with E-state index in [4.69, 9.17) is 10.5 Å². The highest BCUT2D eigenvalue weighted by Gasteiger charge is 2.46. The Hall–Kier alpha value is -3.14. The molecule has 2 saturated carbocycles. The van der Waals surface area contributed by atoms with Gasteiger partial charge in [0.25, 0.3) is 0 Å². The van der Waals surface area contributed by atoms with Crippen molar-refractivity contribution < 1.29 is 4.74 Å². The molecule has 4 rings (SSSR count). The van der Waals surface area contributed by atoms with Crippen molar-refractivity contribution in [2.24, 2.45) is 23.0 Å². The molecule has 4 N–H and O–H groups in total. The van der Waals surface area contributed by atoms with Gasteiger partial charge < -0.3 is 26.0 Å². The van der Waals surface area contributed by atoms with Crippen molar-refractivity contribution in [1.82, 2.24) is 15.5 Å². The molecule has 0 radical (unpaired) electrons. The Kier molecular flexibility index (Phi) is 8.60. The average Bonchev–Trinajstić information content (AvgIpc) is 3.64. The van der Waals surface area contributed by atoms with Crippen molar-refractivity contribution in [2.45, 2.75) is 58.5 Å². The second-order valence-electron chi connectivity index (χ2n) is 11.5. The van der Waals surface area contributed by atoms with E-state index in [1.807, 2.05) is 12.1 Å². The van der Waals surface area contributed by atoms with Gasteiger partial charge in [-0.25, -0.2) is 0 Å². The zero-order valence-corrected chi connectivity index (χ0v) is 23.8. The Labute approximate surface area is 229 Å². The number of hydrogen-bond acceptors (Lipinski definition) is 5. The number of allylic oxidation sites excluding steroid dienone is 4. The number of hydrogen-bond donors (Lipinski definition) is 3. The molecule has 5 heteroatoms. The fraction of sp³-hybridized carbons (Fsp3) is 0.485. The van der Waals surface area contributed by atoms with Crippen LogP contribution in [0.1, 0.15) is 56.6 Å². The fourth-order valence-corrected chi connectivity index (χ4v) is 6.31. The maximum atomic E-state index is 6.59. The van der Waals surface area contributed by atoms with Crippen LogP contribution in [-0.4, -0.2) is 38.3 Å². The standard InChI is InChI=1S/C33H46N4O/c1-8-29(23(4)17-28-22(3)11-10-12-30(28)38-7)37(6)21-33(9-2)19-27(20-33)32(25-13-14-25)36-31(34)18-26-15-16-35-24(26)5/h9-12,17,26-27,31,35-36H,1-2,5,13-16,18-21,34H2,3-4,6-7H3/b23-17+. The molecule has 204 valence electrons. The van der Waals surface area contributed by atoms with Crippen LogP contribution >= 0.6 is 0 Å². The van der Waals surface area contributed by atoms with Crippen LogP contribution in [0, 0.1) is 24.2 Å². The lowest BCUT2D eigenvalue weighted by molar-refractivity contribution is 0.0935. The number of ether oxygens (including phenoxy) is 1. The van der Waals surface area contributed by atoms with Crippen LogP contribution in [0.2, 0.25) is 0 Å². The largest absolute Gasteiger partial charge is 0.496 e. The summed E-state index contributed by atoms with van der Waals surface area (Å²) in [5.74, 6) is 1.85. The Balaban J connectivity index is 1.41. The van der Waals surface area contributed by atoms with Crippen molar-refractivity contribution in [1.29, 1.82) is 0 Å². The van der Waals surface area contributed by atoms with Gasteiger partial charge in [0, 0.05) is 54.3 Å². The highest BCUT2D eigenvalue weighted by atomic mass is 16.5. The van der Waals surface area contributed by atoms with Gasteiger partial charge in [-0.2, -0.15) is 0 Å². The number of nitrogens with zero attached hydrogens (tertiary/aromatic N) is 1. The van der Waals surface area contributed by atoms with Gasteiger partial charge in [0.05, 0.1) is 19.0 Å². The number of nitrogens with one attached hydrogen (secondary N) is 2. The fourth-order valence-electron chi connectivity index (χ4n) is 6.31. The predicted molar refractivity (Wildman–Crippen MR) is 159 cm³/mol. The molecule has 2 atom stereocenters. The average molecular weight is 515 g/mol. The van der Waals surface area contributed by atoms with Crippen LogP contribution in [0.4, 0.5) is 0 Å². The van der Waals surface area contributed by atoms with Crippen molar-refractivity contribution in [3.05, 3.63) is 89.1 Å². The first-order valence-corrected chi connectivity index (χ1v) is 13.9. The summed E-state index contributed by atoms with van der Waals surface area (Å²) in [6, 6.07) is 6.13. The Morgan fingerprint density at radius 1 is 1.37 bits per heavy atom. The molecule has 5 nitrogen and oxygen atoms in total. The van der Waals surface area contributed by atoms with Gasteiger partial charge in [-0.15, -0.1) is 12.3 Å². The van der Waals surface area contributed by atoms with Crippen LogP contribution in [0.5, 0.6) is 5.75 Å². The van der Waals surface area contributed by atoms with Crippen molar-refractivity contribution in [3.63, 3.8) is 0 Å². The zero-order chi connectivity index (χ0) is 27.4. The van der Waals surface area contributed by atoms with E-state index in [1.165, 1.54) is 24.1 Å². The lowest BCUT2D eigenvalue weighted by atomic mass is 9.60. The van der Waals surface area contributed by atoms with Crippen molar-refractivity contribution in [3.8, 4) is 5.75 Å². The van der Waals surface area contributed by atoms with Gasteiger partial charge >= 0.3 is 0 Å². The molecule has 2 unspecified atom stereocenters. The number of benzene rings is 1. The molecule has 3 fully saturated rings. The Morgan fingerprint density at radius 3 is 2.68 bits per heavy atom. The first-order valence-electron chi connectivity index (χ1n) is 13.9. The third-order valence-corrected chi connectivity index (χ3v) is 8.58. The number of likely N-dealkylation sites (N-methyl/N-ethyl adjacent to an activating group) is 1. The summed E-state index contributed by atoms with van der Waals surface area (Å²) >= 11 is 0. The Morgan fingerprint density at radius 2 is 2.11 bits per heavy atom. The summed E-state index contributed by atoms with van der Waals surface area (Å²) in [6.07, 6.45) is 10.9. The summed E-state index contributed by atoms with van der Waals surface area (Å²) in [4.78, 5) is 2.28. The van der Waals surface area contributed by atoms with Crippen LogP contribution in [-0.2, 0) is 0 Å². The topological polar surface area (TPSA) is 62.5 Å². The summed E-state index contributed by atoms with van der Waals surface area (Å²) < 4.78 is 5.61. The maximum Gasteiger partial charge on any atom is 0.126 e. The predicted octanol–water partition coefficient (Wildman–Crippen LogP) is 6.03. The van der Waals surface area contributed by atoms with E-state index in [9.17, 15) is 0 Å². The number of methoxy groups -OCH3 is 1. The molecule has 0 aromatic heterocycles. The maximum absolute atomic E-state index is 6.59. The van der Waals surface area contributed by atoms with E-state index in [0.29, 0.717) is 11.8 Å². The smallest absolute Gasteiger partial charge is 0.126 e. The van der Waals surface area contributed by atoms with Crippen molar-refractivity contribution in [2.75, 3.05) is 27.2 Å². The lowest BCUT2D eigenvalue weighted by Gasteiger charge is -2.49. The van der Waals surface area contributed by atoms with Crippen LogP contribution < -0.4 is 21.1 Å². The molecule has 1 heterocycles. The van der Waals surface area contributed by atoms with Gasteiger partial charge in [0.15, 0.2) is 0 Å². The third-order valence-electron chi connectivity index (χ3n) is 8.58. The molecule has 0 bridgehead atoms. The minimum absolute atomic E-state index is 0.0392. The van der Waals surface area contributed by atoms with E-state index < -0.39 is 0 Å². The molecule has 0 spiro atoms. The van der Waals surface area contributed by atoms with Gasteiger partial charge in [0.1, 0.15) is 5.75 Å². The highest BCUT2D eigenvalue weighted by Crippen LogP contribution is 2.52. The molecule has 1 aromatic carbocycles. The second kappa shape index (κ2) is 11.7. The van der Waals surface area contributed by atoms with Gasteiger partial charge in [0.2, 0.25) is 0 Å². The number of aryl methyl sites for hydroxylation is 1. The van der Waals surface area contributed by atoms with Crippen LogP contribution in [0.25, 0.3) is 6.08 Å². The highest BCUT2D eigenvalue weighted by molar-refractivity contribution is 5.65. The molecule has 3 aliphatic rings. The van der Waals surface area contributed by atoms with Gasteiger partial charge in [-0.3, -0.25) is 0 Å². The zero-order valence-electron chi connectivity index (χ0n) is 23.8. The number of nitrogens with two attached hydrogens (primary N) is 1. The van der Waals surface area contributed by atoms with E-state index in [2.05, 4.69) is 80.1 Å². The summed E-state index contributed by atoms with van der Waals surface area (Å²) in [6.45, 7) is 18.5. The molecular weight excluding hydrogens is 468 g/mol. The SMILES string of the molecule is C=C=C(/C(C)=C/c1c(C)cccc1OC)N(C)CC1(C=C)CC(C(NC(N)CC2CCNC2=C)=C2CC2)C1. The quantitative estimate of drug-likeness (QED) is 0.138. The minimum atomic E-state index is -0.0392. The van der Waals surface area contributed by atoms with E-state index >= 15 is 0 Å². The van der Waals surface area contributed by atoms with Crippen LogP contribution in [0.15, 0.2) is 78.0 Å². The molecule has 1 aromatic rings.